The maximum atomic E-state index is 6.38. The van der Waals surface area contributed by atoms with Crippen LogP contribution in [0.25, 0.3) is 0 Å². The topological polar surface area (TPSA) is 18.5 Å². The summed E-state index contributed by atoms with van der Waals surface area (Å²) in [7, 11) is 3.21. The molecule has 116 valence electrons. The molecule has 0 aromatic carbocycles. The van der Waals surface area contributed by atoms with Gasteiger partial charge in [-0.15, -0.1) is 11.6 Å². The van der Waals surface area contributed by atoms with Gasteiger partial charge in [0, 0.05) is 26.0 Å². The van der Waals surface area contributed by atoms with Crippen LogP contribution in [0.5, 0.6) is 0 Å². The van der Waals surface area contributed by atoms with Crippen molar-refractivity contribution in [2.24, 2.45) is 5.92 Å². The summed E-state index contributed by atoms with van der Waals surface area (Å²) in [5.41, 5.74) is 0. The number of unbranched alkanes of at least 4 members (excludes halogenated alkanes) is 5. The molecule has 0 aromatic heterocycles. The Kier molecular flexibility index (Phi) is 12.6. The third kappa shape index (κ3) is 8.39. The second-order valence-corrected chi connectivity index (χ2v) is 5.98. The lowest BCUT2D eigenvalue weighted by atomic mass is 9.95. The molecule has 19 heavy (non-hydrogen) atoms. The van der Waals surface area contributed by atoms with Crippen LogP contribution in [0.15, 0.2) is 0 Å². The summed E-state index contributed by atoms with van der Waals surface area (Å²) in [6, 6.07) is 0. The number of hydrogen-bond donors (Lipinski definition) is 0. The fraction of sp³-hybridized carbons (Fsp3) is 1.00. The normalized spacial score (nSPS) is 13.7. The molecule has 0 aliphatic heterocycles. The van der Waals surface area contributed by atoms with Gasteiger partial charge in [0.1, 0.15) is 0 Å². The Morgan fingerprint density at radius 1 is 0.895 bits per heavy atom. The lowest BCUT2D eigenvalue weighted by molar-refractivity contribution is -0.179. The van der Waals surface area contributed by atoms with Crippen LogP contribution in [0, 0.1) is 5.92 Å². The molecule has 0 radical (unpaired) electrons. The largest absolute Gasteiger partial charge is 0.340 e. The average molecular weight is 313 g/mol. The van der Waals surface area contributed by atoms with Crippen molar-refractivity contribution in [2.45, 2.75) is 70.0 Å². The number of hydrogen-bond acceptors (Lipinski definition) is 2. The zero-order chi connectivity index (χ0) is 14.6. The van der Waals surface area contributed by atoms with Gasteiger partial charge in [-0.1, -0.05) is 57.0 Å². The molecule has 4 heteroatoms. The van der Waals surface area contributed by atoms with Crippen molar-refractivity contribution in [3.8, 4) is 0 Å². The maximum absolute atomic E-state index is 6.38. The minimum atomic E-state index is -0.991. The van der Waals surface area contributed by atoms with E-state index in [1.807, 2.05) is 0 Å². The minimum absolute atomic E-state index is 0.203. The van der Waals surface area contributed by atoms with Crippen LogP contribution in [-0.2, 0) is 9.47 Å². The van der Waals surface area contributed by atoms with E-state index in [2.05, 4.69) is 6.92 Å². The van der Waals surface area contributed by atoms with Crippen molar-refractivity contribution in [1.29, 1.82) is 0 Å². The molecule has 0 fully saturated rings. The van der Waals surface area contributed by atoms with Gasteiger partial charge in [0.2, 0.25) is 0 Å². The SMILES string of the molecule is CCCCCCCCC(CCCCl)C(Cl)(OC)OC. The molecule has 0 N–H and O–H groups in total. The van der Waals surface area contributed by atoms with E-state index in [1.54, 1.807) is 14.2 Å². The van der Waals surface area contributed by atoms with Gasteiger partial charge >= 0.3 is 0 Å². The van der Waals surface area contributed by atoms with Crippen molar-refractivity contribution < 1.29 is 9.47 Å². The van der Waals surface area contributed by atoms with Gasteiger partial charge in [-0.3, -0.25) is 0 Å². The highest BCUT2D eigenvalue weighted by Gasteiger charge is 2.36. The molecular weight excluding hydrogens is 283 g/mol. The van der Waals surface area contributed by atoms with Crippen molar-refractivity contribution in [3.63, 3.8) is 0 Å². The third-order valence-corrected chi connectivity index (χ3v) is 4.52. The molecule has 0 amide bonds. The van der Waals surface area contributed by atoms with E-state index in [0.29, 0.717) is 5.88 Å². The first-order valence-electron chi connectivity index (χ1n) is 7.49. The van der Waals surface area contributed by atoms with Crippen LogP contribution >= 0.6 is 23.2 Å². The fourth-order valence-electron chi connectivity index (χ4n) is 2.40. The predicted molar refractivity (Wildman–Crippen MR) is 84.0 cm³/mol. The first kappa shape index (κ1) is 19.5. The molecule has 0 saturated heterocycles. The summed E-state index contributed by atoms with van der Waals surface area (Å²) in [5, 5.41) is -0.991. The smallest absolute Gasteiger partial charge is 0.250 e. The molecule has 0 aliphatic carbocycles. The molecule has 1 unspecified atom stereocenters. The van der Waals surface area contributed by atoms with Gasteiger partial charge in [-0.2, -0.15) is 0 Å². The van der Waals surface area contributed by atoms with E-state index >= 15 is 0 Å². The van der Waals surface area contributed by atoms with Crippen LogP contribution in [0.4, 0.5) is 0 Å². The molecular formula is C15H30Cl2O2. The molecule has 0 aromatic rings. The minimum Gasteiger partial charge on any atom is -0.340 e. The average Bonchev–Trinajstić information content (AvgIpc) is 2.45. The molecule has 0 heterocycles. The quantitative estimate of drug-likeness (QED) is 0.252. The number of ether oxygens (including phenoxy) is 2. The first-order valence-corrected chi connectivity index (χ1v) is 8.41. The molecule has 0 rings (SSSR count). The van der Waals surface area contributed by atoms with Gasteiger partial charge in [0.25, 0.3) is 5.25 Å². The summed E-state index contributed by atoms with van der Waals surface area (Å²) >= 11 is 12.2. The number of alkyl halides is 2. The summed E-state index contributed by atoms with van der Waals surface area (Å²) in [5.74, 6) is 0.863. The van der Waals surface area contributed by atoms with Crippen LogP contribution in [-0.4, -0.2) is 25.3 Å². The lowest BCUT2D eigenvalue weighted by Gasteiger charge is -2.32. The zero-order valence-corrected chi connectivity index (χ0v) is 14.2. The van der Waals surface area contributed by atoms with E-state index in [4.69, 9.17) is 32.7 Å². The van der Waals surface area contributed by atoms with E-state index < -0.39 is 5.25 Å². The molecule has 0 spiro atoms. The van der Waals surface area contributed by atoms with Crippen molar-refractivity contribution in [1.82, 2.24) is 0 Å². The van der Waals surface area contributed by atoms with Crippen LogP contribution in [0.3, 0.4) is 0 Å². The van der Waals surface area contributed by atoms with Gasteiger partial charge in [0.15, 0.2) is 0 Å². The van der Waals surface area contributed by atoms with Crippen LogP contribution < -0.4 is 0 Å². The molecule has 0 bridgehead atoms. The third-order valence-electron chi connectivity index (χ3n) is 3.64. The first-order chi connectivity index (χ1) is 9.14. The van der Waals surface area contributed by atoms with Gasteiger partial charge < -0.3 is 9.47 Å². The zero-order valence-electron chi connectivity index (χ0n) is 12.7. The van der Waals surface area contributed by atoms with Crippen molar-refractivity contribution in [3.05, 3.63) is 0 Å². The highest BCUT2D eigenvalue weighted by Crippen LogP contribution is 2.35. The van der Waals surface area contributed by atoms with Crippen molar-refractivity contribution in [2.75, 3.05) is 20.1 Å². The summed E-state index contributed by atoms with van der Waals surface area (Å²) < 4.78 is 10.7. The molecule has 0 saturated carbocycles. The van der Waals surface area contributed by atoms with E-state index in [1.165, 1.54) is 38.5 Å². The Hall–Kier alpha value is 0.500. The summed E-state index contributed by atoms with van der Waals surface area (Å²) in [4.78, 5) is 0. The highest BCUT2D eigenvalue weighted by molar-refractivity contribution is 6.22. The van der Waals surface area contributed by atoms with E-state index in [9.17, 15) is 0 Å². The van der Waals surface area contributed by atoms with E-state index in [0.717, 1.165) is 19.3 Å². The number of methoxy groups -OCH3 is 2. The molecule has 1 atom stereocenters. The Balaban J connectivity index is 4.05. The number of halogens is 2. The fourth-order valence-corrected chi connectivity index (χ4v) is 2.77. The highest BCUT2D eigenvalue weighted by atomic mass is 35.5. The van der Waals surface area contributed by atoms with Gasteiger partial charge in [-0.05, 0) is 19.3 Å². The lowest BCUT2D eigenvalue weighted by Crippen LogP contribution is -2.36. The van der Waals surface area contributed by atoms with Gasteiger partial charge in [0.05, 0.1) is 0 Å². The molecule has 0 aliphatic rings. The monoisotopic (exact) mass is 312 g/mol. The summed E-state index contributed by atoms with van der Waals surface area (Å²) in [6.45, 7) is 2.24. The Morgan fingerprint density at radius 3 is 1.95 bits per heavy atom. The standard InChI is InChI=1S/C15H30Cl2O2/c1-4-5-6-7-8-9-11-14(12-10-13-16)15(17,18-2)19-3/h14H,4-13H2,1-3H3. The Labute approximate surface area is 129 Å². The van der Waals surface area contributed by atoms with Crippen LogP contribution in [0.1, 0.15) is 64.7 Å². The summed E-state index contributed by atoms with van der Waals surface area (Å²) in [6.07, 6.45) is 10.6. The second kappa shape index (κ2) is 12.3. The van der Waals surface area contributed by atoms with Crippen LogP contribution in [0.2, 0.25) is 0 Å². The Morgan fingerprint density at radius 2 is 1.42 bits per heavy atom. The molecule has 2 nitrogen and oxygen atoms in total. The Bertz CT molecular complexity index is 197. The number of rotatable bonds is 13. The van der Waals surface area contributed by atoms with Crippen molar-refractivity contribution >= 4 is 23.2 Å². The second-order valence-electron chi connectivity index (χ2n) is 5.08. The maximum Gasteiger partial charge on any atom is 0.250 e. The predicted octanol–water partition coefficient (Wildman–Crippen LogP) is 5.56. The van der Waals surface area contributed by atoms with E-state index in [-0.39, 0.29) is 5.92 Å². The van der Waals surface area contributed by atoms with Gasteiger partial charge in [-0.25, -0.2) is 0 Å².